The summed E-state index contributed by atoms with van der Waals surface area (Å²) in [5.41, 5.74) is 3.77. The van der Waals surface area contributed by atoms with Crippen molar-refractivity contribution in [3.05, 3.63) is 82.7 Å². The number of carbonyl (C=O) groups is 3. The van der Waals surface area contributed by atoms with E-state index in [1.54, 1.807) is 13.8 Å². The second-order valence-corrected chi connectivity index (χ2v) is 6.96. The normalized spacial score (nSPS) is 10.5. The van der Waals surface area contributed by atoms with Crippen LogP contribution in [0.25, 0.3) is 11.1 Å². The fourth-order valence-electron chi connectivity index (χ4n) is 3.23. The topological polar surface area (TPSA) is 88.3 Å². The summed E-state index contributed by atoms with van der Waals surface area (Å²) in [6.07, 6.45) is 0. The lowest BCUT2D eigenvalue weighted by atomic mass is 9.97. The van der Waals surface area contributed by atoms with Gasteiger partial charge in [0.1, 0.15) is 5.69 Å². The van der Waals surface area contributed by atoms with E-state index in [0.717, 1.165) is 11.1 Å². The van der Waals surface area contributed by atoms with E-state index in [2.05, 4.69) is 10.3 Å². The monoisotopic (exact) mass is 404 g/mol. The molecule has 2 N–H and O–H groups in total. The van der Waals surface area contributed by atoms with Crippen LogP contribution in [0.4, 0.5) is 0 Å². The second-order valence-electron chi connectivity index (χ2n) is 6.96. The molecule has 0 saturated heterocycles. The number of benzene rings is 2. The molecule has 1 aromatic heterocycles. The minimum absolute atomic E-state index is 0.0740. The number of rotatable bonds is 7. The number of aryl methyl sites for hydroxylation is 2. The third-order valence-corrected chi connectivity index (χ3v) is 4.74. The van der Waals surface area contributed by atoms with Crippen LogP contribution in [0.5, 0.6) is 0 Å². The number of hydrogen-bond acceptors (Lipinski definition) is 4. The molecule has 0 atom stereocenters. The Hall–Kier alpha value is -3.67. The second kappa shape index (κ2) is 9.22. The van der Waals surface area contributed by atoms with Crippen molar-refractivity contribution < 1.29 is 19.1 Å². The first kappa shape index (κ1) is 21.0. The number of amides is 1. The summed E-state index contributed by atoms with van der Waals surface area (Å²) in [7, 11) is 0. The number of aromatic amines is 1. The van der Waals surface area contributed by atoms with Gasteiger partial charge in [-0.05, 0) is 31.9 Å². The van der Waals surface area contributed by atoms with Gasteiger partial charge < -0.3 is 15.0 Å². The molecule has 0 aliphatic rings. The molecule has 6 nitrogen and oxygen atoms in total. The van der Waals surface area contributed by atoms with E-state index in [1.807, 2.05) is 61.5 Å². The van der Waals surface area contributed by atoms with E-state index in [0.29, 0.717) is 16.8 Å². The minimum atomic E-state index is -0.746. The highest BCUT2D eigenvalue weighted by atomic mass is 16.5. The Morgan fingerprint density at radius 2 is 1.63 bits per heavy atom. The van der Waals surface area contributed by atoms with Crippen LogP contribution in [0.15, 0.2) is 54.6 Å². The highest BCUT2D eigenvalue weighted by Crippen LogP contribution is 2.31. The average molecular weight is 404 g/mol. The van der Waals surface area contributed by atoms with E-state index in [-0.39, 0.29) is 24.4 Å². The molecule has 2 aromatic carbocycles. The van der Waals surface area contributed by atoms with Gasteiger partial charge in [0.2, 0.25) is 0 Å². The highest BCUT2D eigenvalue weighted by molar-refractivity contribution is 6.43. The Morgan fingerprint density at radius 1 is 0.967 bits per heavy atom. The standard InChI is InChI=1S/C24H24N2O4/c1-4-30-24(29)19-16(3)26-21(20(19)18-12-10-15(2)11-13-18)22(27)23(28)25-14-17-8-6-5-7-9-17/h5-13,26H,4,14H2,1-3H3,(H,25,28). The molecule has 6 heteroatoms. The van der Waals surface area contributed by atoms with Gasteiger partial charge in [-0.15, -0.1) is 0 Å². The molecule has 0 aliphatic carbocycles. The first-order chi connectivity index (χ1) is 14.4. The number of hydrogen-bond donors (Lipinski definition) is 2. The molecule has 0 aliphatic heterocycles. The fraction of sp³-hybridized carbons (Fsp3) is 0.208. The predicted molar refractivity (Wildman–Crippen MR) is 114 cm³/mol. The van der Waals surface area contributed by atoms with Crippen LogP contribution >= 0.6 is 0 Å². The lowest BCUT2D eigenvalue weighted by Crippen LogP contribution is -2.31. The number of nitrogens with one attached hydrogen (secondary N) is 2. The van der Waals surface area contributed by atoms with Gasteiger partial charge in [0.25, 0.3) is 11.7 Å². The average Bonchev–Trinajstić information content (AvgIpc) is 3.10. The summed E-state index contributed by atoms with van der Waals surface area (Å²) in [5.74, 6) is -2.02. The van der Waals surface area contributed by atoms with Gasteiger partial charge >= 0.3 is 5.97 Å². The van der Waals surface area contributed by atoms with Crippen molar-refractivity contribution in [1.29, 1.82) is 0 Å². The van der Waals surface area contributed by atoms with Crippen molar-refractivity contribution in [3.63, 3.8) is 0 Å². The molecular weight excluding hydrogens is 380 g/mol. The van der Waals surface area contributed by atoms with Crippen LogP contribution in [-0.2, 0) is 16.1 Å². The maximum atomic E-state index is 13.0. The first-order valence-corrected chi connectivity index (χ1v) is 9.75. The number of carbonyl (C=O) groups excluding carboxylic acids is 3. The zero-order chi connectivity index (χ0) is 21.7. The van der Waals surface area contributed by atoms with E-state index in [4.69, 9.17) is 4.74 Å². The van der Waals surface area contributed by atoms with Crippen LogP contribution < -0.4 is 5.32 Å². The van der Waals surface area contributed by atoms with Gasteiger partial charge in [0.05, 0.1) is 12.2 Å². The molecule has 30 heavy (non-hydrogen) atoms. The smallest absolute Gasteiger partial charge is 0.340 e. The van der Waals surface area contributed by atoms with Gasteiger partial charge in [-0.2, -0.15) is 0 Å². The van der Waals surface area contributed by atoms with Crippen molar-refractivity contribution in [2.75, 3.05) is 6.61 Å². The Bertz CT molecular complexity index is 1070. The number of H-pyrrole nitrogens is 1. The molecule has 0 bridgehead atoms. The molecule has 3 aromatic rings. The summed E-state index contributed by atoms with van der Waals surface area (Å²) in [6.45, 7) is 5.78. The largest absolute Gasteiger partial charge is 0.462 e. The van der Waals surface area contributed by atoms with Crippen LogP contribution in [-0.4, -0.2) is 29.3 Å². The summed E-state index contributed by atoms with van der Waals surface area (Å²) >= 11 is 0. The summed E-state index contributed by atoms with van der Waals surface area (Å²) in [6, 6.07) is 16.7. The lowest BCUT2D eigenvalue weighted by molar-refractivity contribution is -0.117. The molecule has 3 rings (SSSR count). The molecule has 0 saturated carbocycles. The number of ether oxygens (including phenoxy) is 1. The molecule has 0 spiro atoms. The van der Waals surface area contributed by atoms with E-state index in [1.165, 1.54) is 0 Å². The number of ketones is 1. The maximum Gasteiger partial charge on any atom is 0.340 e. The third-order valence-electron chi connectivity index (χ3n) is 4.74. The highest BCUT2D eigenvalue weighted by Gasteiger charge is 2.29. The van der Waals surface area contributed by atoms with Gasteiger partial charge in [0, 0.05) is 17.8 Å². The summed E-state index contributed by atoms with van der Waals surface area (Å²) < 4.78 is 5.18. The molecule has 0 fully saturated rings. The Kier molecular flexibility index (Phi) is 6.47. The molecule has 0 radical (unpaired) electrons. The summed E-state index contributed by atoms with van der Waals surface area (Å²) in [4.78, 5) is 41.1. The van der Waals surface area contributed by atoms with Crippen LogP contribution in [0.1, 0.15) is 44.6 Å². The Balaban J connectivity index is 1.97. The van der Waals surface area contributed by atoms with E-state index < -0.39 is 17.7 Å². The SMILES string of the molecule is CCOC(=O)c1c(C)[nH]c(C(=O)C(=O)NCc2ccccc2)c1-c1ccc(C)cc1. The van der Waals surface area contributed by atoms with Gasteiger partial charge in [-0.25, -0.2) is 4.79 Å². The van der Waals surface area contributed by atoms with Crippen molar-refractivity contribution in [2.45, 2.75) is 27.3 Å². The number of aromatic nitrogens is 1. The third kappa shape index (κ3) is 4.49. The van der Waals surface area contributed by atoms with Gasteiger partial charge in [-0.3, -0.25) is 9.59 Å². The fourth-order valence-corrected chi connectivity index (χ4v) is 3.23. The minimum Gasteiger partial charge on any atom is -0.462 e. The van der Waals surface area contributed by atoms with Crippen LogP contribution in [0.3, 0.4) is 0 Å². The first-order valence-electron chi connectivity index (χ1n) is 9.75. The van der Waals surface area contributed by atoms with Gasteiger partial charge in [-0.1, -0.05) is 60.2 Å². The van der Waals surface area contributed by atoms with Crippen molar-refractivity contribution in [1.82, 2.24) is 10.3 Å². The predicted octanol–water partition coefficient (Wildman–Crippen LogP) is 3.97. The molecular formula is C24H24N2O4. The summed E-state index contributed by atoms with van der Waals surface area (Å²) in [5, 5.41) is 2.64. The van der Waals surface area contributed by atoms with Gasteiger partial charge in [0.15, 0.2) is 0 Å². The molecule has 154 valence electrons. The van der Waals surface area contributed by atoms with E-state index >= 15 is 0 Å². The molecule has 0 unspecified atom stereocenters. The van der Waals surface area contributed by atoms with Crippen molar-refractivity contribution in [2.24, 2.45) is 0 Å². The molecule has 1 heterocycles. The molecule has 1 amide bonds. The van der Waals surface area contributed by atoms with Crippen molar-refractivity contribution >= 4 is 17.7 Å². The van der Waals surface area contributed by atoms with Crippen LogP contribution in [0.2, 0.25) is 0 Å². The number of Topliss-reactive ketones (excluding diaryl/α,β-unsaturated/α-hetero) is 1. The van der Waals surface area contributed by atoms with Crippen LogP contribution in [0, 0.1) is 13.8 Å². The number of esters is 1. The lowest BCUT2D eigenvalue weighted by Gasteiger charge is -2.09. The quantitative estimate of drug-likeness (QED) is 0.354. The van der Waals surface area contributed by atoms with Crippen molar-refractivity contribution in [3.8, 4) is 11.1 Å². The zero-order valence-corrected chi connectivity index (χ0v) is 17.2. The zero-order valence-electron chi connectivity index (χ0n) is 17.2. The Morgan fingerprint density at radius 3 is 2.27 bits per heavy atom. The Labute approximate surface area is 175 Å². The maximum absolute atomic E-state index is 13.0. The van der Waals surface area contributed by atoms with E-state index in [9.17, 15) is 14.4 Å².